The molecule has 3 heterocycles. The first-order valence-electron chi connectivity index (χ1n) is 9.24. The summed E-state index contributed by atoms with van der Waals surface area (Å²) in [6.45, 7) is 9.07. The first-order chi connectivity index (χ1) is 14.9. The maximum Gasteiger partial charge on any atom is 0.263 e. The van der Waals surface area contributed by atoms with Crippen molar-refractivity contribution >= 4 is 23.0 Å². The van der Waals surface area contributed by atoms with E-state index in [9.17, 15) is 13.6 Å². The number of anilines is 2. The van der Waals surface area contributed by atoms with Crippen LogP contribution in [0, 0.1) is 18.2 Å². The van der Waals surface area contributed by atoms with Crippen molar-refractivity contribution in [3.63, 3.8) is 0 Å². The minimum atomic E-state index is -0.572. The van der Waals surface area contributed by atoms with E-state index in [1.54, 1.807) is 19.1 Å². The van der Waals surface area contributed by atoms with Crippen LogP contribution in [0.1, 0.15) is 18.5 Å². The molecule has 7 nitrogen and oxygen atoms in total. The molecule has 3 aromatic heterocycles. The van der Waals surface area contributed by atoms with Crippen LogP contribution in [0.4, 0.5) is 26.2 Å². The highest BCUT2D eigenvalue weighted by atomic mass is 19.1. The third kappa shape index (κ3) is 3.79. The van der Waals surface area contributed by atoms with Gasteiger partial charge in [-0.25, -0.2) is 23.6 Å². The smallest absolute Gasteiger partial charge is 0.263 e. The van der Waals surface area contributed by atoms with Gasteiger partial charge in [0.1, 0.15) is 17.5 Å². The van der Waals surface area contributed by atoms with E-state index in [4.69, 9.17) is 12.3 Å². The Balaban J connectivity index is 1.93. The molecule has 31 heavy (non-hydrogen) atoms. The van der Waals surface area contributed by atoms with E-state index in [1.807, 2.05) is 0 Å². The summed E-state index contributed by atoms with van der Waals surface area (Å²) >= 11 is 0. The van der Waals surface area contributed by atoms with Gasteiger partial charge in [-0.15, -0.1) is 0 Å². The molecule has 3 N–H and O–H groups in total. The minimum absolute atomic E-state index is 0.0125. The molecule has 9 heteroatoms. The zero-order chi connectivity index (χ0) is 22.1. The Bertz CT molecular complexity index is 1410. The molecule has 0 spiro atoms. The molecule has 1 atom stereocenters. The number of nitrogen functional groups attached to an aromatic ring is 1. The van der Waals surface area contributed by atoms with Crippen LogP contribution in [0.25, 0.3) is 21.5 Å². The van der Waals surface area contributed by atoms with Gasteiger partial charge in [-0.05, 0) is 48.4 Å². The SMILES string of the molecule is [C-]#[N+]c1cnc(N)nc1N[C@H](C)c1cc2ccc(F)cn2c(=O)c1-c1cccc(F)c1. The second-order valence-electron chi connectivity index (χ2n) is 6.87. The zero-order valence-corrected chi connectivity index (χ0v) is 16.3. The number of nitrogens with two attached hydrogens (primary N) is 1. The van der Waals surface area contributed by atoms with Crippen LogP contribution < -0.4 is 16.6 Å². The lowest BCUT2D eigenvalue weighted by Gasteiger charge is -2.20. The molecule has 0 unspecified atom stereocenters. The molecular formula is C22H16F2N6O. The number of rotatable bonds is 4. The van der Waals surface area contributed by atoms with Gasteiger partial charge in [0, 0.05) is 24.0 Å². The Morgan fingerprint density at radius 2 is 2.00 bits per heavy atom. The lowest BCUT2D eigenvalue weighted by molar-refractivity contribution is 0.618. The fourth-order valence-electron chi connectivity index (χ4n) is 3.39. The number of aromatic nitrogens is 3. The molecular weight excluding hydrogens is 402 g/mol. The average molecular weight is 418 g/mol. The number of fused-ring (bicyclic) bond motifs is 1. The van der Waals surface area contributed by atoms with E-state index < -0.39 is 23.2 Å². The lowest BCUT2D eigenvalue weighted by Crippen LogP contribution is -2.21. The third-order valence-electron chi connectivity index (χ3n) is 4.81. The Kier molecular flexibility index (Phi) is 5.05. The zero-order valence-electron chi connectivity index (χ0n) is 16.3. The van der Waals surface area contributed by atoms with E-state index in [2.05, 4.69) is 20.1 Å². The summed E-state index contributed by atoms with van der Waals surface area (Å²) in [5, 5.41) is 3.09. The van der Waals surface area contributed by atoms with Crippen LogP contribution in [0.2, 0.25) is 0 Å². The van der Waals surface area contributed by atoms with Gasteiger partial charge in [0.2, 0.25) is 11.6 Å². The van der Waals surface area contributed by atoms with Crippen molar-refractivity contribution in [1.29, 1.82) is 0 Å². The molecule has 0 saturated heterocycles. The standard InChI is InChI=1S/C22H16F2N6O/c1-12(28-20-18(26-2)10-27-22(25)29-20)17-9-16-7-6-15(24)11-30(16)21(31)19(17)13-4-3-5-14(23)8-13/h3-12H,1H3,(H3,25,27,28,29)/t12-/m1/s1. The van der Waals surface area contributed by atoms with Crippen LogP contribution in [-0.4, -0.2) is 14.4 Å². The normalized spacial score (nSPS) is 11.8. The van der Waals surface area contributed by atoms with Crippen LogP contribution in [-0.2, 0) is 0 Å². The van der Waals surface area contributed by atoms with Crippen molar-refractivity contribution in [2.75, 3.05) is 11.1 Å². The van der Waals surface area contributed by atoms with E-state index in [0.29, 0.717) is 16.6 Å². The van der Waals surface area contributed by atoms with Gasteiger partial charge in [-0.3, -0.25) is 9.20 Å². The largest absolute Gasteiger partial charge is 0.372 e. The molecule has 154 valence electrons. The van der Waals surface area contributed by atoms with Crippen molar-refractivity contribution < 1.29 is 8.78 Å². The molecule has 0 saturated carbocycles. The number of pyridine rings is 2. The van der Waals surface area contributed by atoms with Gasteiger partial charge in [0.15, 0.2) is 0 Å². The van der Waals surface area contributed by atoms with Gasteiger partial charge in [0.05, 0.1) is 12.1 Å². The minimum Gasteiger partial charge on any atom is -0.372 e. The monoisotopic (exact) mass is 418 g/mol. The van der Waals surface area contributed by atoms with E-state index in [-0.39, 0.29) is 23.0 Å². The Labute approximate surface area is 175 Å². The highest BCUT2D eigenvalue weighted by molar-refractivity contribution is 5.72. The number of benzene rings is 1. The molecule has 0 aliphatic carbocycles. The number of hydrogen-bond donors (Lipinski definition) is 2. The van der Waals surface area contributed by atoms with Crippen molar-refractivity contribution in [2.24, 2.45) is 0 Å². The summed E-state index contributed by atoms with van der Waals surface area (Å²) in [6.07, 6.45) is 2.39. The number of nitrogens with one attached hydrogen (secondary N) is 1. The average Bonchev–Trinajstić information content (AvgIpc) is 2.74. The fourth-order valence-corrected chi connectivity index (χ4v) is 3.39. The van der Waals surface area contributed by atoms with Gasteiger partial charge in [0.25, 0.3) is 5.56 Å². The van der Waals surface area contributed by atoms with Crippen LogP contribution in [0.3, 0.4) is 0 Å². The molecule has 0 bridgehead atoms. The predicted molar refractivity (Wildman–Crippen MR) is 114 cm³/mol. The molecule has 0 aliphatic rings. The molecule has 0 amide bonds. The summed E-state index contributed by atoms with van der Waals surface area (Å²) in [6, 6.07) is 9.53. The fraction of sp³-hybridized carbons (Fsp3) is 0.0909. The molecule has 4 rings (SSSR count). The number of halogens is 2. The van der Waals surface area contributed by atoms with Gasteiger partial charge >= 0.3 is 0 Å². The van der Waals surface area contributed by atoms with Crippen molar-refractivity contribution in [2.45, 2.75) is 13.0 Å². The van der Waals surface area contributed by atoms with Gasteiger partial charge in [-0.1, -0.05) is 12.1 Å². The molecule has 0 aliphatic heterocycles. The predicted octanol–water partition coefficient (Wildman–Crippen LogP) is 4.34. The second kappa shape index (κ2) is 7.84. The van der Waals surface area contributed by atoms with Gasteiger partial charge < -0.3 is 11.1 Å². The first-order valence-corrected chi connectivity index (χ1v) is 9.24. The molecule has 0 radical (unpaired) electrons. The maximum atomic E-state index is 13.9. The summed E-state index contributed by atoms with van der Waals surface area (Å²) in [4.78, 5) is 24.6. The number of hydrogen-bond acceptors (Lipinski definition) is 5. The summed E-state index contributed by atoms with van der Waals surface area (Å²) < 4.78 is 28.9. The van der Waals surface area contributed by atoms with E-state index in [0.717, 1.165) is 6.20 Å². The number of nitrogens with zero attached hydrogens (tertiary/aromatic N) is 4. The summed E-state index contributed by atoms with van der Waals surface area (Å²) in [7, 11) is 0. The maximum absolute atomic E-state index is 13.9. The Morgan fingerprint density at radius 1 is 1.19 bits per heavy atom. The highest BCUT2D eigenvalue weighted by Gasteiger charge is 2.20. The van der Waals surface area contributed by atoms with E-state index in [1.165, 1.54) is 40.9 Å². The third-order valence-corrected chi connectivity index (χ3v) is 4.81. The van der Waals surface area contributed by atoms with Crippen LogP contribution >= 0.6 is 0 Å². The second-order valence-corrected chi connectivity index (χ2v) is 6.87. The Morgan fingerprint density at radius 3 is 2.74 bits per heavy atom. The quantitative estimate of drug-likeness (QED) is 0.481. The topological polar surface area (TPSA) is 89.7 Å². The van der Waals surface area contributed by atoms with Crippen LogP contribution in [0.15, 0.2) is 59.7 Å². The summed E-state index contributed by atoms with van der Waals surface area (Å²) in [5.74, 6) is -0.885. The lowest BCUT2D eigenvalue weighted by atomic mass is 9.96. The van der Waals surface area contributed by atoms with Gasteiger partial charge in [-0.2, -0.15) is 0 Å². The summed E-state index contributed by atoms with van der Waals surface area (Å²) in [5.41, 5.74) is 6.84. The highest BCUT2D eigenvalue weighted by Crippen LogP contribution is 2.31. The molecule has 0 fully saturated rings. The molecule has 1 aromatic carbocycles. The van der Waals surface area contributed by atoms with Crippen molar-refractivity contribution in [3.8, 4) is 11.1 Å². The van der Waals surface area contributed by atoms with Crippen LogP contribution in [0.5, 0.6) is 0 Å². The van der Waals surface area contributed by atoms with Crippen molar-refractivity contribution in [3.05, 3.63) is 93.8 Å². The molecule has 4 aromatic rings. The van der Waals surface area contributed by atoms with Crippen molar-refractivity contribution in [1.82, 2.24) is 14.4 Å². The first kappa shape index (κ1) is 20.0. The Hall–Kier alpha value is -4.32. The van der Waals surface area contributed by atoms with E-state index >= 15 is 0 Å².